The number of nitrogens with two attached hydrogens (primary N) is 1. The van der Waals surface area contributed by atoms with Gasteiger partial charge in [0.25, 0.3) is 0 Å². The lowest BCUT2D eigenvalue weighted by Crippen LogP contribution is -2.22. The molecular formula is C13H17N5O. The number of hydrogen-bond donors (Lipinski definition) is 1. The molecule has 1 amide bonds. The highest BCUT2D eigenvalue weighted by atomic mass is 16.2. The highest BCUT2D eigenvalue weighted by molar-refractivity contribution is 5.76. The maximum absolute atomic E-state index is 11.6. The molecule has 2 aromatic heterocycles. The third kappa shape index (κ3) is 2.90. The van der Waals surface area contributed by atoms with E-state index in [1.54, 1.807) is 50.0 Å². The standard InChI is InChI=1S/C13H17N5O/c1-17(2)13(19)4-6-18-9-16-8-12(18)10-7-15-5-3-11(10)14/h3,5,7-9H,4,6H2,1-2H3,(H2,14,15). The number of rotatable bonds is 4. The molecule has 2 rings (SSSR count). The number of hydrogen-bond acceptors (Lipinski definition) is 4. The van der Waals surface area contributed by atoms with Gasteiger partial charge in [-0.05, 0) is 6.07 Å². The van der Waals surface area contributed by atoms with Gasteiger partial charge in [-0.25, -0.2) is 4.98 Å². The first-order valence-corrected chi connectivity index (χ1v) is 5.99. The number of carbonyl (C=O) groups is 1. The molecule has 19 heavy (non-hydrogen) atoms. The van der Waals surface area contributed by atoms with Gasteiger partial charge in [-0.3, -0.25) is 9.78 Å². The van der Waals surface area contributed by atoms with E-state index in [4.69, 9.17) is 5.73 Å². The molecule has 0 unspecified atom stereocenters. The van der Waals surface area contributed by atoms with Gasteiger partial charge < -0.3 is 15.2 Å². The summed E-state index contributed by atoms with van der Waals surface area (Å²) >= 11 is 0. The Hall–Kier alpha value is -2.37. The Kier molecular flexibility index (Phi) is 3.79. The molecule has 100 valence electrons. The van der Waals surface area contributed by atoms with Gasteiger partial charge in [0.1, 0.15) is 0 Å². The van der Waals surface area contributed by atoms with Crippen molar-refractivity contribution < 1.29 is 4.79 Å². The summed E-state index contributed by atoms with van der Waals surface area (Å²) in [5.74, 6) is 0.0822. The lowest BCUT2D eigenvalue weighted by Gasteiger charge is -2.12. The summed E-state index contributed by atoms with van der Waals surface area (Å²) in [5, 5.41) is 0. The quantitative estimate of drug-likeness (QED) is 0.888. The Morgan fingerprint density at radius 3 is 2.84 bits per heavy atom. The Morgan fingerprint density at radius 1 is 1.37 bits per heavy atom. The topological polar surface area (TPSA) is 77.0 Å². The average Bonchev–Trinajstić information content (AvgIpc) is 2.84. The number of aryl methyl sites for hydroxylation is 1. The van der Waals surface area contributed by atoms with Crippen molar-refractivity contribution in [1.82, 2.24) is 19.4 Å². The summed E-state index contributed by atoms with van der Waals surface area (Å²) in [6.45, 7) is 0.570. The van der Waals surface area contributed by atoms with Crippen molar-refractivity contribution in [1.29, 1.82) is 0 Å². The van der Waals surface area contributed by atoms with Gasteiger partial charge in [-0.1, -0.05) is 0 Å². The molecule has 0 aliphatic carbocycles. The van der Waals surface area contributed by atoms with E-state index < -0.39 is 0 Å². The van der Waals surface area contributed by atoms with Gasteiger partial charge in [0.2, 0.25) is 5.91 Å². The fourth-order valence-corrected chi connectivity index (χ4v) is 1.78. The van der Waals surface area contributed by atoms with Gasteiger partial charge in [0.05, 0.1) is 18.2 Å². The molecule has 2 aromatic rings. The van der Waals surface area contributed by atoms with Crippen LogP contribution < -0.4 is 5.73 Å². The zero-order valence-corrected chi connectivity index (χ0v) is 11.1. The van der Waals surface area contributed by atoms with E-state index in [1.807, 2.05) is 4.57 Å². The van der Waals surface area contributed by atoms with Crippen LogP contribution in [0.2, 0.25) is 0 Å². The first-order valence-electron chi connectivity index (χ1n) is 5.99. The molecule has 0 saturated heterocycles. The van der Waals surface area contributed by atoms with E-state index in [2.05, 4.69) is 9.97 Å². The van der Waals surface area contributed by atoms with Crippen molar-refractivity contribution in [2.24, 2.45) is 0 Å². The zero-order valence-electron chi connectivity index (χ0n) is 11.1. The summed E-state index contributed by atoms with van der Waals surface area (Å²) in [6.07, 6.45) is 7.21. The van der Waals surface area contributed by atoms with E-state index in [0.29, 0.717) is 18.7 Å². The van der Waals surface area contributed by atoms with E-state index >= 15 is 0 Å². The van der Waals surface area contributed by atoms with Gasteiger partial charge >= 0.3 is 0 Å². The normalized spacial score (nSPS) is 10.4. The molecule has 0 bridgehead atoms. The van der Waals surface area contributed by atoms with Crippen LogP contribution in [0.5, 0.6) is 0 Å². The van der Waals surface area contributed by atoms with Crippen LogP contribution in [0.3, 0.4) is 0 Å². The largest absolute Gasteiger partial charge is 0.398 e. The summed E-state index contributed by atoms with van der Waals surface area (Å²) in [6, 6.07) is 1.75. The fourth-order valence-electron chi connectivity index (χ4n) is 1.78. The number of nitrogen functional groups attached to an aromatic ring is 1. The van der Waals surface area contributed by atoms with E-state index in [1.165, 1.54) is 0 Å². The Balaban J connectivity index is 2.19. The molecular weight excluding hydrogens is 242 g/mol. The van der Waals surface area contributed by atoms with Gasteiger partial charge in [-0.15, -0.1) is 0 Å². The molecule has 0 fully saturated rings. The summed E-state index contributed by atoms with van der Waals surface area (Å²) < 4.78 is 1.91. The molecule has 6 heteroatoms. The molecule has 0 aliphatic heterocycles. The van der Waals surface area contributed by atoms with E-state index in [9.17, 15) is 4.79 Å². The molecule has 0 aliphatic rings. The van der Waals surface area contributed by atoms with Crippen molar-refractivity contribution in [3.8, 4) is 11.3 Å². The molecule has 0 saturated carbocycles. The third-order valence-electron chi connectivity index (χ3n) is 2.91. The van der Waals surface area contributed by atoms with Crippen LogP contribution >= 0.6 is 0 Å². The summed E-state index contributed by atoms with van der Waals surface area (Å²) in [4.78, 5) is 21.4. The Morgan fingerprint density at radius 2 is 2.16 bits per heavy atom. The second-order valence-corrected chi connectivity index (χ2v) is 4.47. The van der Waals surface area contributed by atoms with Crippen LogP contribution in [-0.2, 0) is 11.3 Å². The van der Waals surface area contributed by atoms with Gasteiger partial charge in [0, 0.05) is 50.7 Å². The van der Waals surface area contributed by atoms with Crippen LogP contribution in [0.1, 0.15) is 6.42 Å². The van der Waals surface area contributed by atoms with Crippen LogP contribution in [0.25, 0.3) is 11.3 Å². The van der Waals surface area contributed by atoms with E-state index in [-0.39, 0.29) is 5.91 Å². The van der Waals surface area contributed by atoms with Crippen LogP contribution in [0, 0.1) is 0 Å². The lowest BCUT2D eigenvalue weighted by atomic mass is 10.2. The second kappa shape index (κ2) is 5.51. The smallest absolute Gasteiger partial charge is 0.223 e. The highest BCUT2D eigenvalue weighted by Crippen LogP contribution is 2.24. The van der Waals surface area contributed by atoms with E-state index in [0.717, 1.165) is 11.3 Å². The fraction of sp³-hybridized carbons (Fsp3) is 0.308. The van der Waals surface area contributed by atoms with Crippen LogP contribution in [0.4, 0.5) is 5.69 Å². The Labute approximate surface area is 111 Å². The van der Waals surface area contributed by atoms with Crippen molar-refractivity contribution in [3.05, 3.63) is 31.0 Å². The summed E-state index contributed by atoms with van der Waals surface area (Å²) in [5.41, 5.74) is 8.28. The maximum atomic E-state index is 11.6. The minimum Gasteiger partial charge on any atom is -0.398 e. The Bertz CT molecular complexity index is 576. The predicted molar refractivity (Wildman–Crippen MR) is 73.2 cm³/mol. The number of imidazole rings is 1. The molecule has 0 aromatic carbocycles. The molecule has 0 spiro atoms. The zero-order chi connectivity index (χ0) is 13.8. The monoisotopic (exact) mass is 259 g/mol. The first kappa shape index (κ1) is 13.1. The van der Waals surface area contributed by atoms with Crippen molar-refractivity contribution in [3.63, 3.8) is 0 Å². The lowest BCUT2D eigenvalue weighted by molar-refractivity contribution is -0.128. The van der Waals surface area contributed by atoms with Gasteiger partial charge in [-0.2, -0.15) is 0 Å². The summed E-state index contributed by atoms with van der Waals surface area (Å²) in [7, 11) is 3.49. The first-order chi connectivity index (χ1) is 9.09. The van der Waals surface area contributed by atoms with Crippen molar-refractivity contribution in [2.45, 2.75) is 13.0 Å². The number of nitrogens with zero attached hydrogens (tertiary/aromatic N) is 4. The molecule has 0 radical (unpaired) electrons. The number of amides is 1. The molecule has 6 nitrogen and oxygen atoms in total. The van der Waals surface area contributed by atoms with Gasteiger partial charge in [0.15, 0.2) is 0 Å². The maximum Gasteiger partial charge on any atom is 0.223 e. The average molecular weight is 259 g/mol. The minimum atomic E-state index is 0.0822. The number of pyridine rings is 1. The minimum absolute atomic E-state index is 0.0822. The SMILES string of the molecule is CN(C)C(=O)CCn1cncc1-c1cnccc1N. The van der Waals surface area contributed by atoms with Crippen molar-refractivity contribution >= 4 is 11.6 Å². The third-order valence-corrected chi connectivity index (χ3v) is 2.91. The highest BCUT2D eigenvalue weighted by Gasteiger charge is 2.10. The number of aromatic nitrogens is 3. The van der Waals surface area contributed by atoms with Crippen molar-refractivity contribution in [2.75, 3.05) is 19.8 Å². The molecule has 2 N–H and O–H groups in total. The number of carbonyl (C=O) groups excluding carboxylic acids is 1. The molecule has 2 heterocycles. The molecule has 0 atom stereocenters. The van der Waals surface area contributed by atoms with Crippen LogP contribution in [-0.4, -0.2) is 39.4 Å². The second-order valence-electron chi connectivity index (χ2n) is 4.47. The number of anilines is 1. The van der Waals surface area contributed by atoms with Crippen LogP contribution in [0.15, 0.2) is 31.0 Å². The predicted octanol–water partition coefficient (Wildman–Crippen LogP) is 1.01.